The molecule has 1 amide bonds. The van der Waals surface area contributed by atoms with Crippen molar-refractivity contribution in [3.63, 3.8) is 0 Å². The van der Waals surface area contributed by atoms with E-state index in [1.54, 1.807) is 11.9 Å². The molecule has 86 valence electrons. The minimum absolute atomic E-state index is 0.0778. The van der Waals surface area contributed by atoms with E-state index in [1.807, 2.05) is 24.3 Å². The molecular weight excluding hydrogens is 204 g/mol. The fourth-order valence-corrected chi connectivity index (χ4v) is 1.79. The van der Waals surface area contributed by atoms with E-state index >= 15 is 0 Å². The van der Waals surface area contributed by atoms with Gasteiger partial charge in [-0.3, -0.25) is 4.79 Å². The lowest BCUT2D eigenvalue weighted by atomic mass is 10.1. The lowest BCUT2D eigenvalue weighted by molar-refractivity contribution is -0.120. The predicted octanol–water partition coefficient (Wildman–Crippen LogP) is 1.37. The van der Waals surface area contributed by atoms with Gasteiger partial charge in [-0.15, -0.1) is 0 Å². The van der Waals surface area contributed by atoms with Crippen molar-refractivity contribution < 1.29 is 9.90 Å². The molecule has 1 aromatic carbocycles. The van der Waals surface area contributed by atoms with Gasteiger partial charge >= 0.3 is 0 Å². The SMILES string of the molecule is CC(O)c1cccc(N2NCCCC2=O)c1. The van der Waals surface area contributed by atoms with E-state index in [1.165, 1.54) is 0 Å². The van der Waals surface area contributed by atoms with Crippen LogP contribution in [0.15, 0.2) is 24.3 Å². The molecule has 0 spiro atoms. The summed E-state index contributed by atoms with van der Waals surface area (Å²) in [6, 6.07) is 7.40. The van der Waals surface area contributed by atoms with Crippen molar-refractivity contribution in [1.29, 1.82) is 0 Å². The average Bonchev–Trinajstić information content (AvgIpc) is 2.30. The van der Waals surface area contributed by atoms with Crippen molar-refractivity contribution in [3.8, 4) is 0 Å². The molecule has 1 heterocycles. The molecule has 0 radical (unpaired) electrons. The summed E-state index contributed by atoms with van der Waals surface area (Å²) in [4.78, 5) is 11.7. The monoisotopic (exact) mass is 220 g/mol. The third-order valence-corrected chi connectivity index (χ3v) is 2.70. The minimum Gasteiger partial charge on any atom is -0.389 e. The zero-order valence-electron chi connectivity index (χ0n) is 9.31. The van der Waals surface area contributed by atoms with Crippen LogP contribution in [0.3, 0.4) is 0 Å². The first kappa shape index (κ1) is 11.1. The summed E-state index contributed by atoms with van der Waals surface area (Å²) in [5.74, 6) is 0.0778. The van der Waals surface area contributed by atoms with Crippen molar-refractivity contribution in [1.82, 2.24) is 5.43 Å². The Hall–Kier alpha value is -1.39. The van der Waals surface area contributed by atoms with Crippen LogP contribution in [0, 0.1) is 0 Å². The van der Waals surface area contributed by atoms with Gasteiger partial charge in [0.05, 0.1) is 11.8 Å². The Morgan fingerprint density at radius 3 is 3.00 bits per heavy atom. The standard InChI is InChI=1S/C12H16N2O2/c1-9(15)10-4-2-5-11(8-10)14-12(16)6-3-7-13-14/h2,4-5,8-9,13,15H,3,6-7H2,1H3. The van der Waals surface area contributed by atoms with E-state index in [2.05, 4.69) is 5.43 Å². The molecule has 1 unspecified atom stereocenters. The van der Waals surface area contributed by atoms with Gasteiger partial charge in [0.1, 0.15) is 0 Å². The smallest absolute Gasteiger partial charge is 0.241 e. The molecule has 16 heavy (non-hydrogen) atoms. The first-order chi connectivity index (χ1) is 7.68. The number of carbonyl (C=O) groups excluding carboxylic acids is 1. The van der Waals surface area contributed by atoms with Crippen LogP contribution in [0.1, 0.15) is 31.4 Å². The van der Waals surface area contributed by atoms with E-state index in [0.29, 0.717) is 6.42 Å². The highest BCUT2D eigenvalue weighted by Gasteiger charge is 2.19. The maximum Gasteiger partial charge on any atom is 0.241 e. The largest absolute Gasteiger partial charge is 0.389 e. The molecule has 4 nitrogen and oxygen atoms in total. The number of carbonyl (C=O) groups is 1. The molecular formula is C12H16N2O2. The summed E-state index contributed by atoms with van der Waals surface area (Å²) in [5.41, 5.74) is 4.67. The summed E-state index contributed by atoms with van der Waals surface area (Å²) in [5, 5.41) is 11.1. The van der Waals surface area contributed by atoms with Gasteiger partial charge in [-0.1, -0.05) is 12.1 Å². The van der Waals surface area contributed by atoms with Gasteiger partial charge in [0.25, 0.3) is 0 Å². The van der Waals surface area contributed by atoms with Crippen molar-refractivity contribution in [2.24, 2.45) is 0 Å². The number of hydrogen-bond donors (Lipinski definition) is 2. The summed E-state index contributed by atoms with van der Waals surface area (Å²) in [6.45, 7) is 2.52. The highest BCUT2D eigenvalue weighted by molar-refractivity contribution is 5.93. The van der Waals surface area contributed by atoms with Gasteiger partial charge in [-0.2, -0.15) is 0 Å². The second kappa shape index (κ2) is 4.63. The minimum atomic E-state index is -0.514. The van der Waals surface area contributed by atoms with Crippen LogP contribution in [-0.4, -0.2) is 17.6 Å². The van der Waals surface area contributed by atoms with Crippen LogP contribution in [0.2, 0.25) is 0 Å². The van der Waals surface area contributed by atoms with E-state index < -0.39 is 6.10 Å². The molecule has 0 aromatic heterocycles. The molecule has 1 saturated heterocycles. The maximum atomic E-state index is 11.7. The van der Waals surface area contributed by atoms with Gasteiger partial charge < -0.3 is 5.11 Å². The fraction of sp³-hybridized carbons (Fsp3) is 0.417. The van der Waals surface area contributed by atoms with Crippen molar-refractivity contribution >= 4 is 11.6 Å². The Labute approximate surface area is 94.9 Å². The van der Waals surface area contributed by atoms with Crippen molar-refractivity contribution in [2.75, 3.05) is 11.6 Å². The Bertz CT molecular complexity index is 390. The van der Waals surface area contributed by atoms with Gasteiger partial charge in [0, 0.05) is 13.0 Å². The number of hydrogen-bond acceptors (Lipinski definition) is 3. The van der Waals surface area contributed by atoms with Gasteiger partial charge in [-0.05, 0) is 31.0 Å². The molecule has 1 atom stereocenters. The van der Waals surface area contributed by atoms with Crippen LogP contribution >= 0.6 is 0 Å². The van der Waals surface area contributed by atoms with Gasteiger partial charge in [0.2, 0.25) is 5.91 Å². The number of aliphatic hydroxyl groups excluding tert-OH is 1. The fourth-order valence-electron chi connectivity index (χ4n) is 1.79. The Balaban J connectivity index is 2.25. The molecule has 1 aliphatic heterocycles. The second-order valence-electron chi connectivity index (χ2n) is 4.01. The summed E-state index contributed by atoms with van der Waals surface area (Å²) >= 11 is 0. The molecule has 0 aliphatic carbocycles. The third-order valence-electron chi connectivity index (χ3n) is 2.70. The molecule has 1 aliphatic rings. The zero-order chi connectivity index (χ0) is 11.5. The van der Waals surface area contributed by atoms with Crippen LogP contribution in [0.4, 0.5) is 5.69 Å². The molecule has 2 rings (SSSR count). The number of nitrogens with one attached hydrogen (secondary N) is 1. The summed E-state index contributed by atoms with van der Waals surface area (Å²) in [7, 11) is 0. The summed E-state index contributed by atoms with van der Waals surface area (Å²) in [6.07, 6.45) is 0.942. The number of rotatable bonds is 2. The van der Waals surface area contributed by atoms with E-state index in [9.17, 15) is 9.90 Å². The molecule has 0 saturated carbocycles. The normalized spacial score (nSPS) is 18.6. The first-order valence-electron chi connectivity index (χ1n) is 5.53. The van der Waals surface area contributed by atoms with Crippen LogP contribution in [0.5, 0.6) is 0 Å². The Morgan fingerprint density at radius 1 is 1.50 bits per heavy atom. The van der Waals surface area contributed by atoms with Crippen LogP contribution < -0.4 is 10.4 Å². The first-order valence-corrected chi connectivity index (χ1v) is 5.53. The molecule has 1 aromatic rings. The second-order valence-corrected chi connectivity index (χ2v) is 4.01. The highest BCUT2D eigenvalue weighted by atomic mass is 16.3. The topological polar surface area (TPSA) is 52.6 Å². The molecule has 4 heteroatoms. The number of hydrazine groups is 1. The van der Waals surface area contributed by atoms with Crippen LogP contribution in [-0.2, 0) is 4.79 Å². The van der Waals surface area contributed by atoms with Gasteiger partial charge in [-0.25, -0.2) is 10.4 Å². The third kappa shape index (κ3) is 2.23. The lowest BCUT2D eigenvalue weighted by Gasteiger charge is -2.28. The molecule has 0 bridgehead atoms. The van der Waals surface area contributed by atoms with E-state index in [-0.39, 0.29) is 5.91 Å². The number of benzene rings is 1. The van der Waals surface area contributed by atoms with E-state index in [4.69, 9.17) is 0 Å². The molecule has 2 N–H and O–H groups in total. The lowest BCUT2D eigenvalue weighted by Crippen LogP contribution is -2.47. The van der Waals surface area contributed by atoms with E-state index in [0.717, 1.165) is 24.2 Å². The average molecular weight is 220 g/mol. The molecule has 1 fully saturated rings. The summed E-state index contributed by atoms with van der Waals surface area (Å²) < 4.78 is 0. The van der Waals surface area contributed by atoms with Crippen molar-refractivity contribution in [3.05, 3.63) is 29.8 Å². The highest BCUT2D eigenvalue weighted by Crippen LogP contribution is 2.21. The number of nitrogens with zero attached hydrogens (tertiary/aromatic N) is 1. The Kier molecular flexibility index (Phi) is 3.22. The predicted molar refractivity (Wildman–Crippen MR) is 61.8 cm³/mol. The quantitative estimate of drug-likeness (QED) is 0.791. The number of aliphatic hydroxyl groups is 1. The number of amides is 1. The maximum absolute atomic E-state index is 11.7. The van der Waals surface area contributed by atoms with Crippen molar-refractivity contribution in [2.45, 2.75) is 25.9 Å². The number of anilines is 1. The zero-order valence-corrected chi connectivity index (χ0v) is 9.31. The van der Waals surface area contributed by atoms with Crippen LogP contribution in [0.25, 0.3) is 0 Å². The Morgan fingerprint density at radius 2 is 2.31 bits per heavy atom. The van der Waals surface area contributed by atoms with Gasteiger partial charge in [0.15, 0.2) is 0 Å².